The van der Waals surface area contributed by atoms with E-state index in [-0.39, 0.29) is 6.09 Å². The fourth-order valence-corrected chi connectivity index (χ4v) is 4.41. The standard InChI is InChI=1S/C17H30N2O2/c20-17(18-15-8-2-1-3-9-15)21-13-14-7-6-12-19-11-5-4-10-16(14)19/h14-16H,1-13H2,(H,18,20). The van der Waals surface area contributed by atoms with Crippen molar-refractivity contribution < 1.29 is 9.53 Å². The molecule has 1 N–H and O–H groups in total. The van der Waals surface area contributed by atoms with E-state index in [9.17, 15) is 4.79 Å². The Morgan fingerprint density at radius 2 is 1.71 bits per heavy atom. The summed E-state index contributed by atoms with van der Waals surface area (Å²) in [6.07, 6.45) is 12.3. The summed E-state index contributed by atoms with van der Waals surface area (Å²) in [6, 6.07) is 1.01. The zero-order chi connectivity index (χ0) is 14.5. The Balaban J connectivity index is 1.42. The molecule has 4 nitrogen and oxygen atoms in total. The van der Waals surface area contributed by atoms with Gasteiger partial charge in [0, 0.05) is 18.0 Å². The lowest BCUT2D eigenvalue weighted by molar-refractivity contribution is 0.0226. The van der Waals surface area contributed by atoms with E-state index < -0.39 is 0 Å². The molecular weight excluding hydrogens is 264 g/mol. The molecule has 3 fully saturated rings. The molecule has 1 saturated carbocycles. The van der Waals surface area contributed by atoms with Crippen LogP contribution >= 0.6 is 0 Å². The summed E-state index contributed by atoms with van der Waals surface area (Å²) in [5.41, 5.74) is 0. The van der Waals surface area contributed by atoms with Gasteiger partial charge < -0.3 is 10.1 Å². The Morgan fingerprint density at radius 1 is 0.952 bits per heavy atom. The monoisotopic (exact) mass is 294 g/mol. The highest BCUT2D eigenvalue weighted by Crippen LogP contribution is 2.31. The van der Waals surface area contributed by atoms with Crippen molar-refractivity contribution >= 4 is 6.09 Å². The molecule has 0 spiro atoms. The first kappa shape index (κ1) is 15.1. The number of carbonyl (C=O) groups is 1. The van der Waals surface area contributed by atoms with E-state index in [4.69, 9.17) is 4.74 Å². The molecule has 0 radical (unpaired) electrons. The molecule has 3 rings (SSSR count). The van der Waals surface area contributed by atoms with Crippen LogP contribution in [0, 0.1) is 5.92 Å². The lowest BCUT2D eigenvalue weighted by Gasteiger charge is -2.44. The van der Waals surface area contributed by atoms with Gasteiger partial charge in [-0.25, -0.2) is 4.79 Å². The second-order valence-corrected chi connectivity index (χ2v) is 7.08. The second kappa shape index (κ2) is 7.48. The predicted molar refractivity (Wildman–Crippen MR) is 83.3 cm³/mol. The summed E-state index contributed by atoms with van der Waals surface area (Å²) in [6.45, 7) is 3.10. The summed E-state index contributed by atoms with van der Waals surface area (Å²) < 4.78 is 5.56. The van der Waals surface area contributed by atoms with Crippen LogP contribution in [0.4, 0.5) is 4.79 Å². The third-order valence-electron chi connectivity index (χ3n) is 5.58. The Morgan fingerprint density at radius 3 is 2.57 bits per heavy atom. The fourth-order valence-electron chi connectivity index (χ4n) is 4.41. The molecule has 120 valence electrons. The molecule has 21 heavy (non-hydrogen) atoms. The van der Waals surface area contributed by atoms with Crippen molar-refractivity contribution in [1.29, 1.82) is 0 Å². The first-order chi connectivity index (χ1) is 10.3. The average Bonchev–Trinajstić information content (AvgIpc) is 2.54. The number of hydrogen-bond donors (Lipinski definition) is 1. The topological polar surface area (TPSA) is 41.6 Å². The van der Waals surface area contributed by atoms with Crippen LogP contribution in [0.2, 0.25) is 0 Å². The molecule has 2 aliphatic heterocycles. The smallest absolute Gasteiger partial charge is 0.407 e. The van der Waals surface area contributed by atoms with Crippen LogP contribution in [0.5, 0.6) is 0 Å². The number of ether oxygens (including phenoxy) is 1. The van der Waals surface area contributed by atoms with Gasteiger partial charge in [-0.3, -0.25) is 4.90 Å². The molecule has 3 aliphatic rings. The number of hydrogen-bond acceptors (Lipinski definition) is 3. The number of nitrogens with one attached hydrogen (secondary N) is 1. The van der Waals surface area contributed by atoms with Crippen LogP contribution in [0.25, 0.3) is 0 Å². The summed E-state index contributed by atoms with van der Waals surface area (Å²) in [5.74, 6) is 0.552. The lowest BCUT2D eigenvalue weighted by atomic mass is 9.84. The number of fused-ring (bicyclic) bond motifs is 1. The van der Waals surface area contributed by atoms with Crippen LogP contribution in [0.15, 0.2) is 0 Å². The highest BCUT2D eigenvalue weighted by atomic mass is 16.5. The maximum atomic E-state index is 12.0. The summed E-state index contributed by atoms with van der Waals surface area (Å²) in [5, 5.41) is 3.06. The molecule has 0 aromatic rings. The number of rotatable bonds is 3. The molecule has 2 atom stereocenters. The SMILES string of the molecule is O=C(NC1CCCCC1)OCC1CCCN2CCCCC12. The summed E-state index contributed by atoms with van der Waals surface area (Å²) in [7, 11) is 0. The lowest BCUT2D eigenvalue weighted by Crippen LogP contribution is -2.49. The van der Waals surface area contributed by atoms with Crippen molar-refractivity contribution in [2.75, 3.05) is 19.7 Å². The van der Waals surface area contributed by atoms with E-state index in [1.54, 1.807) is 0 Å². The average molecular weight is 294 g/mol. The van der Waals surface area contributed by atoms with Gasteiger partial charge >= 0.3 is 6.09 Å². The maximum absolute atomic E-state index is 12.0. The van der Waals surface area contributed by atoms with Crippen molar-refractivity contribution in [1.82, 2.24) is 10.2 Å². The molecular formula is C17H30N2O2. The molecule has 0 bridgehead atoms. The molecule has 2 saturated heterocycles. The Hall–Kier alpha value is -0.770. The number of piperidine rings is 2. The van der Waals surface area contributed by atoms with Gasteiger partial charge in [-0.1, -0.05) is 25.7 Å². The van der Waals surface area contributed by atoms with Crippen LogP contribution in [0.1, 0.15) is 64.2 Å². The minimum atomic E-state index is -0.185. The van der Waals surface area contributed by atoms with Crippen LogP contribution in [-0.4, -0.2) is 42.8 Å². The van der Waals surface area contributed by atoms with E-state index in [1.165, 1.54) is 64.5 Å². The third-order valence-corrected chi connectivity index (χ3v) is 5.58. The van der Waals surface area contributed by atoms with Gasteiger partial charge in [0.25, 0.3) is 0 Å². The normalized spacial score (nSPS) is 31.4. The van der Waals surface area contributed by atoms with E-state index in [2.05, 4.69) is 10.2 Å². The minimum Gasteiger partial charge on any atom is -0.449 e. The van der Waals surface area contributed by atoms with Crippen molar-refractivity contribution in [2.24, 2.45) is 5.92 Å². The number of amides is 1. The van der Waals surface area contributed by atoms with Crippen LogP contribution in [-0.2, 0) is 4.74 Å². The molecule has 1 amide bonds. The highest BCUT2D eigenvalue weighted by Gasteiger charge is 2.33. The highest BCUT2D eigenvalue weighted by molar-refractivity contribution is 5.67. The number of alkyl carbamates (subject to hydrolysis) is 1. The summed E-state index contributed by atoms with van der Waals surface area (Å²) in [4.78, 5) is 14.6. The Kier molecular flexibility index (Phi) is 5.39. The Labute approximate surface area is 128 Å². The zero-order valence-corrected chi connectivity index (χ0v) is 13.2. The van der Waals surface area contributed by atoms with E-state index in [0.717, 1.165) is 12.8 Å². The molecule has 4 heteroatoms. The first-order valence-electron chi connectivity index (χ1n) is 9.00. The molecule has 2 heterocycles. The number of carbonyl (C=O) groups excluding carboxylic acids is 1. The van der Waals surface area contributed by atoms with Crippen molar-refractivity contribution in [3.63, 3.8) is 0 Å². The third kappa shape index (κ3) is 4.12. The zero-order valence-electron chi connectivity index (χ0n) is 13.2. The maximum Gasteiger partial charge on any atom is 0.407 e. The van der Waals surface area contributed by atoms with E-state index in [1.807, 2.05) is 0 Å². The largest absolute Gasteiger partial charge is 0.449 e. The minimum absolute atomic E-state index is 0.185. The quantitative estimate of drug-likeness (QED) is 0.868. The van der Waals surface area contributed by atoms with Gasteiger partial charge in [-0.2, -0.15) is 0 Å². The van der Waals surface area contributed by atoms with E-state index in [0.29, 0.717) is 24.6 Å². The van der Waals surface area contributed by atoms with E-state index >= 15 is 0 Å². The molecule has 0 aromatic heterocycles. The van der Waals surface area contributed by atoms with Crippen LogP contribution in [0.3, 0.4) is 0 Å². The second-order valence-electron chi connectivity index (χ2n) is 7.08. The predicted octanol–water partition coefficient (Wildman–Crippen LogP) is 3.31. The molecule has 1 aliphatic carbocycles. The van der Waals surface area contributed by atoms with Crippen molar-refractivity contribution in [3.05, 3.63) is 0 Å². The fraction of sp³-hybridized carbons (Fsp3) is 0.941. The van der Waals surface area contributed by atoms with Gasteiger partial charge in [0.05, 0.1) is 6.61 Å². The number of nitrogens with zero attached hydrogens (tertiary/aromatic N) is 1. The molecule has 0 aromatic carbocycles. The van der Waals surface area contributed by atoms with Crippen molar-refractivity contribution in [2.45, 2.75) is 76.3 Å². The van der Waals surface area contributed by atoms with Gasteiger partial charge in [0.2, 0.25) is 0 Å². The van der Waals surface area contributed by atoms with Gasteiger partial charge in [-0.05, 0) is 51.6 Å². The first-order valence-corrected chi connectivity index (χ1v) is 9.00. The van der Waals surface area contributed by atoms with Crippen LogP contribution < -0.4 is 5.32 Å². The van der Waals surface area contributed by atoms with Gasteiger partial charge in [0.1, 0.15) is 0 Å². The molecule has 2 unspecified atom stereocenters. The summed E-state index contributed by atoms with van der Waals surface area (Å²) >= 11 is 0. The van der Waals surface area contributed by atoms with Crippen molar-refractivity contribution in [3.8, 4) is 0 Å². The van der Waals surface area contributed by atoms with Gasteiger partial charge in [0.15, 0.2) is 0 Å². The Bertz CT molecular complexity index is 340. The van der Waals surface area contributed by atoms with Gasteiger partial charge in [-0.15, -0.1) is 0 Å².